The zero-order valence-electron chi connectivity index (χ0n) is 16.6. The highest BCUT2D eigenvalue weighted by Gasteiger charge is 2.40. The van der Waals surface area contributed by atoms with Crippen molar-refractivity contribution in [3.05, 3.63) is 39.9 Å². The van der Waals surface area contributed by atoms with E-state index >= 15 is 0 Å². The lowest BCUT2D eigenvalue weighted by Crippen LogP contribution is -2.42. The van der Waals surface area contributed by atoms with Crippen molar-refractivity contribution in [2.24, 2.45) is 0 Å². The Kier molecular flexibility index (Phi) is 7.67. The molecule has 1 N–H and O–H groups in total. The van der Waals surface area contributed by atoms with Gasteiger partial charge in [-0.05, 0) is 42.2 Å². The molecule has 0 aromatic heterocycles. The van der Waals surface area contributed by atoms with Crippen LogP contribution in [0, 0.1) is 10.1 Å². The fourth-order valence-corrected chi connectivity index (χ4v) is 3.55. The van der Waals surface area contributed by atoms with Crippen molar-refractivity contribution in [3.63, 3.8) is 0 Å². The normalized spacial score (nSPS) is 14.7. The van der Waals surface area contributed by atoms with Crippen molar-refractivity contribution >= 4 is 19.8 Å². The number of rotatable bonds is 9. The number of ketones is 1. The van der Waals surface area contributed by atoms with E-state index in [0.717, 1.165) is 5.56 Å². The number of Topliss-reactive ketones (excluding diaryl/α,β-unsaturated/α-hetero) is 1. The van der Waals surface area contributed by atoms with Gasteiger partial charge in [0.05, 0.1) is 17.1 Å². The largest absolute Gasteiger partial charge is 0.409 e. The van der Waals surface area contributed by atoms with Crippen LogP contribution in [0.15, 0.2) is 24.3 Å². The van der Waals surface area contributed by atoms with Gasteiger partial charge < -0.3 is 9.53 Å². The standard InChI is InChI=1S/C19H31NO5Si/c1-7-16(21)12-17(22)13-18(25-26(5,6)19(2,3)4)14-8-10-15(11-9-14)20(23)24/h8-11,16,18,21H,7,12-13H2,1-6H3/t16-,18-/m0/s1. The average molecular weight is 382 g/mol. The van der Waals surface area contributed by atoms with Gasteiger partial charge in [-0.1, -0.05) is 27.7 Å². The predicted octanol–water partition coefficient (Wildman–Crippen LogP) is 4.78. The smallest absolute Gasteiger partial charge is 0.269 e. The highest BCUT2D eigenvalue weighted by molar-refractivity contribution is 6.74. The highest BCUT2D eigenvalue weighted by Crippen LogP contribution is 2.40. The molecule has 1 aromatic rings. The van der Waals surface area contributed by atoms with Crippen LogP contribution in [0.4, 0.5) is 5.69 Å². The van der Waals surface area contributed by atoms with E-state index in [-0.39, 0.29) is 29.4 Å². The first-order valence-corrected chi connectivity index (χ1v) is 11.9. The van der Waals surface area contributed by atoms with Gasteiger partial charge in [0.15, 0.2) is 8.32 Å². The van der Waals surface area contributed by atoms with Crippen LogP contribution in [-0.4, -0.2) is 30.2 Å². The summed E-state index contributed by atoms with van der Waals surface area (Å²) in [7, 11) is -2.15. The Balaban J connectivity index is 3.08. The Bertz CT molecular complexity index is 622. The fourth-order valence-electron chi connectivity index (χ4n) is 2.27. The number of benzene rings is 1. The zero-order chi connectivity index (χ0) is 20.1. The molecule has 0 amide bonds. The molecular formula is C19H31NO5Si. The van der Waals surface area contributed by atoms with Gasteiger partial charge in [-0.2, -0.15) is 0 Å². The monoisotopic (exact) mass is 381 g/mol. The van der Waals surface area contributed by atoms with Gasteiger partial charge in [0, 0.05) is 25.0 Å². The lowest BCUT2D eigenvalue weighted by Gasteiger charge is -2.39. The molecule has 26 heavy (non-hydrogen) atoms. The van der Waals surface area contributed by atoms with Gasteiger partial charge in [0.1, 0.15) is 5.78 Å². The molecule has 0 spiro atoms. The first kappa shape index (κ1) is 22.5. The van der Waals surface area contributed by atoms with Crippen LogP contribution in [0.25, 0.3) is 0 Å². The lowest BCUT2D eigenvalue weighted by atomic mass is 10.0. The molecule has 2 atom stereocenters. The minimum absolute atomic E-state index is 0.00700. The first-order chi connectivity index (χ1) is 11.9. The molecule has 0 aliphatic carbocycles. The van der Waals surface area contributed by atoms with Crippen LogP contribution in [0.2, 0.25) is 18.1 Å². The SMILES string of the molecule is CC[C@H](O)CC(=O)C[C@H](O[Si](C)(C)C(C)(C)C)c1ccc([N+](=O)[O-])cc1. The minimum atomic E-state index is -2.15. The molecule has 0 radical (unpaired) electrons. The maximum Gasteiger partial charge on any atom is 0.269 e. The molecule has 0 saturated carbocycles. The highest BCUT2D eigenvalue weighted by atomic mass is 28.4. The quantitative estimate of drug-likeness (QED) is 0.378. The van der Waals surface area contributed by atoms with E-state index in [1.165, 1.54) is 12.1 Å². The molecule has 0 aliphatic heterocycles. The van der Waals surface area contributed by atoms with Crippen LogP contribution >= 0.6 is 0 Å². The second kappa shape index (κ2) is 8.88. The molecule has 7 heteroatoms. The van der Waals surface area contributed by atoms with Crippen molar-refractivity contribution in [2.45, 2.75) is 77.3 Å². The number of hydrogen-bond acceptors (Lipinski definition) is 5. The number of hydrogen-bond donors (Lipinski definition) is 1. The Labute approximate surface area is 156 Å². The Morgan fingerprint density at radius 1 is 1.23 bits per heavy atom. The van der Waals surface area contributed by atoms with Gasteiger partial charge in [-0.15, -0.1) is 0 Å². The van der Waals surface area contributed by atoms with Gasteiger partial charge >= 0.3 is 0 Å². The number of aliphatic hydroxyl groups excluding tert-OH is 1. The van der Waals surface area contributed by atoms with E-state index in [9.17, 15) is 20.0 Å². The summed E-state index contributed by atoms with van der Waals surface area (Å²) in [5, 5.41) is 20.6. The maximum atomic E-state index is 12.4. The van der Waals surface area contributed by atoms with Gasteiger partial charge in [0.2, 0.25) is 0 Å². The molecular weight excluding hydrogens is 350 g/mol. The molecule has 0 unspecified atom stereocenters. The van der Waals surface area contributed by atoms with Crippen LogP contribution in [0.1, 0.15) is 58.6 Å². The number of aliphatic hydroxyl groups is 1. The van der Waals surface area contributed by atoms with Gasteiger partial charge in [-0.3, -0.25) is 14.9 Å². The number of nitro benzene ring substituents is 1. The van der Waals surface area contributed by atoms with Crippen molar-refractivity contribution in [1.82, 2.24) is 0 Å². The Hall–Kier alpha value is -1.57. The van der Waals surface area contributed by atoms with Crippen molar-refractivity contribution in [1.29, 1.82) is 0 Å². The number of carbonyl (C=O) groups is 1. The molecule has 6 nitrogen and oxygen atoms in total. The summed E-state index contributed by atoms with van der Waals surface area (Å²) >= 11 is 0. The lowest BCUT2D eigenvalue weighted by molar-refractivity contribution is -0.384. The summed E-state index contributed by atoms with van der Waals surface area (Å²) in [5.41, 5.74) is 0.757. The summed E-state index contributed by atoms with van der Waals surface area (Å²) in [6, 6.07) is 6.17. The van der Waals surface area contributed by atoms with Crippen molar-refractivity contribution in [3.8, 4) is 0 Å². The minimum Gasteiger partial charge on any atom is -0.409 e. The number of nitrogens with zero attached hydrogens (tertiary/aromatic N) is 1. The number of non-ortho nitro benzene ring substituents is 1. The molecule has 0 saturated heterocycles. The van der Waals surface area contributed by atoms with E-state index in [0.29, 0.717) is 6.42 Å². The maximum absolute atomic E-state index is 12.4. The second-order valence-electron chi connectivity index (χ2n) is 8.22. The topological polar surface area (TPSA) is 89.7 Å². The Morgan fingerprint density at radius 3 is 2.19 bits per heavy atom. The molecule has 0 aliphatic rings. The first-order valence-electron chi connectivity index (χ1n) is 8.99. The van der Waals surface area contributed by atoms with E-state index in [4.69, 9.17) is 4.43 Å². The summed E-state index contributed by atoms with van der Waals surface area (Å²) in [5.74, 6) is -0.0681. The van der Waals surface area contributed by atoms with Crippen molar-refractivity contribution < 1.29 is 19.3 Å². The van der Waals surface area contributed by atoms with E-state index in [2.05, 4.69) is 33.9 Å². The third kappa shape index (κ3) is 6.30. The number of nitro groups is 1. The Morgan fingerprint density at radius 2 is 1.77 bits per heavy atom. The van der Waals surface area contributed by atoms with Gasteiger partial charge in [-0.25, -0.2) is 0 Å². The van der Waals surface area contributed by atoms with Crippen LogP contribution in [0.5, 0.6) is 0 Å². The van der Waals surface area contributed by atoms with Crippen LogP contribution < -0.4 is 0 Å². The molecule has 146 valence electrons. The third-order valence-electron chi connectivity index (χ3n) is 5.07. The van der Waals surface area contributed by atoms with E-state index < -0.39 is 25.4 Å². The van der Waals surface area contributed by atoms with E-state index in [1.807, 2.05) is 6.92 Å². The van der Waals surface area contributed by atoms with Crippen LogP contribution in [0.3, 0.4) is 0 Å². The second-order valence-corrected chi connectivity index (χ2v) is 13.0. The molecule has 0 fully saturated rings. The fraction of sp³-hybridized carbons (Fsp3) is 0.632. The summed E-state index contributed by atoms with van der Waals surface area (Å²) in [6.45, 7) is 12.4. The average Bonchev–Trinajstić information content (AvgIpc) is 2.52. The molecule has 0 heterocycles. The summed E-state index contributed by atoms with van der Waals surface area (Å²) in [4.78, 5) is 22.8. The predicted molar refractivity (Wildman–Crippen MR) is 105 cm³/mol. The number of carbonyl (C=O) groups excluding carboxylic acids is 1. The van der Waals surface area contributed by atoms with Crippen molar-refractivity contribution in [2.75, 3.05) is 0 Å². The zero-order valence-corrected chi connectivity index (χ0v) is 17.6. The molecule has 1 rings (SSSR count). The van der Waals surface area contributed by atoms with E-state index in [1.54, 1.807) is 12.1 Å². The van der Waals surface area contributed by atoms with Crippen LogP contribution in [-0.2, 0) is 9.22 Å². The summed E-state index contributed by atoms with van der Waals surface area (Å²) < 4.78 is 6.44. The molecule has 1 aromatic carbocycles. The summed E-state index contributed by atoms with van der Waals surface area (Å²) in [6.07, 6.45) is -0.333. The third-order valence-corrected chi connectivity index (χ3v) is 9.55. The van der Waals surface area contributed by atoms with Gasteiger partial charge in [0.25, 0.3) is 5.69 Å². The molecule has 0 bridgehead atoms.